The molecule has 2 aromatic rings. The normalized spacial score (nSPS) is 14.1. The number of rotatable bonds is 3. The summed E-state index contributed by atoms with van der Waals surface area (Å²) in [6, 6.07) is 3.73. The highest BCUT2D eigenvalue weighted by Gasteiger charge is 2.32. The quantitative estimate of drug-likeness (QED) is 0.888. The smallest absolute Gasteiger partial charge is 0.272 e. The van der Waals surface area contributed by atoms with Crippen molar-refractivity contribution in [3.63, 3.8) is 0 Å². The molecule has 7 nitrogen and oxygen atoms in total. The summed E-state index contributed by atoms with van der Waals surface area (Å²) in [5.41, 5.74) is 2.59. The van der Waals surface area contributed by atoms with Gasteiger partial charge in [0.2, 0.25) is 5.91 Å². The third-order valence-corrected chi connectivity index (χ3v) is 4.25. The lowest BCUT2D eigenvalue weighted by molar-refractivity contribution is -0.140. The molecule has 0 fully saturated rings. The molecule has 3 rings (SSSR count). The minimum absolute atomic E-state index is 0.0843. The minimum Gasteiger partial charge on any atom is -0.346 e. The maximum absolute atomic E-state index is 12.5. The Morgan fingerprint density at radius 3 is 2.84 bits per heavy atom. The molecule has 25 heavy (non-hydrogen) atoms. The summed E-state index contributed by atoms with van der Waals surface area (Å²) in [5, 5.41) is 9.98. The molecule has 0 spiro atoms. The summed E-state index contributed by atoms with van der Waals surface area (Å²) in [4.78, 5) is 30.9. The third-order valence-electron chi connectivity index (χ3n) is 4.25. The maximum atomic E-state index is 12.5. The number of H-pyrrole nitrogens is 1. The molecular weight excluding hydrogens is 318 g/mol. The van der Waals surface area contributed by atoms with Gasteiger partial charge in [0, 0.05) is 55.1 Å². The molecule has 132 valence electrons. The van der Waals surface area contributed by atoms with E-state index in [9.17, 15) is 9.59 Å². The largest absolute Gasteiger partial charge is 0.346 e. The van der Waals surface area contributed by atoms with E-state index in [0.29, 0.717) is 31.7 Å². The SMILES string of the molecule is CC(C)(C)C(=O)N1CCc2[nH]nc(C(=O)NCc3cccnc3)c2C1. The zero-order chi connectivity index (χ0) is 18.0. The Labute approximate surface area is 146 Å². The van der Waals surface area contributed by atoms with Crippen molar-refractivity contribution < 1.29 is 9.59 Å². The molecule has 2 aromatic heterocycles. The van der Waals surface area contributed by atoms with Gasteiger partial charge in [0.1, 0.15) is 0 Å². The number of aromatic nitrogens is 3. The van der Waals surface area contributed by atoms with Gasteiger partial charge in [0.05, 0.1) is 0 Å². The van der Waals surface area contributed by atoms with Crippen LogP contribution in [0.15, 0.2) is 24.5 Å². The van der Waals surface area contributed by atoms with Crippen molar-refractivity contribution in [3.8, 4) is 0 Å². The number of carbonyl (C=O) groups excluding carboxylic acids is 2. The number of nitrogens with zero attached hydrogens (tertiary/aromatic N) is 3. The van der Waals surface area contributed by atoms with E-state index >= 15 is 0 Å². The predicted octanol–water partition coefficient (Wildman–Crippen LogP) is 1.67. The summed E-state index contributed by atoms with van der Waals surface area (Å²) >= 11 is 0. The Balaban J connectivity index is 1.72. The Morgan fingerprint density at radius 2 is 2.16 bits per heavy atom. The lowest BCUT2D eigenvalue weighted by atomic mass is 9.93. The monoisotopic (exact) mass is 341 g/mol. The number of hydrogen-bond donors (Lipinski definition) is 2. The number of pyridine rings is 1. The lowest BCUT2D eigenvalue weighted by Gasteiger charge is -2.32. The fourth-order valence-corrected chi connectivity index (χ4v) is 2.90. The van der Waals surface area contributed by atoms with Gasteiger partial charge in [0.15, 0.2) is 5.69 Å². The van der Waals surface area contributed by atoms with E-state index in [1.54, 1.807) is 17.3 Å². The van der Waals surface area contributed by atoms with E-state index in [1.165, 1.54) is 0 Å². The van der Waals surface area contributed by atoms with E-state index in [1.807, 2.05) is 32.9 Å². The average molecular weight is 341 g/mol. The first-order valence-corrected chi connectivity index (χ1v) is 8.39. The average Bonchev–Trinajstić information content (AvgIpc) is 3.02. The minimum atomic E-state index is -0.441. The van der Waals surface area contributed by atoms with Crippen LogP contribution in [0.4, 0.5) is 0 Å². The number of fused-ring (bicyclic) bond motifs is 1. The second-order valence-corrected chi connectivity index (χ2v) is 7.30. The number of hydrogen-bond acceptors (Lipinski definition) is 4. The second kappa shape index (κ2) is 6.66. The Bertz CT molecular complexity index is 777. The number of carbonyl (C=O) groups is 2. The molecule has 2 N–H and O–H groups in total. The van der Waals surface area contributed by atoms with E-state index in [0.717, 1.165) is 16.8 Å². The van der Waals surface area contributed by atoms with Gasteiger partial charge in [-0.2, -0.15) is 5.10 Å². The van der Waals surface area contributed by atoms with Crippen LogP contribution < -0.4 is 5.32 Å². The standard InChI is InChI=1S/C18H23N5O2/c1-18(2,3)17(25)23-8-6-14-13(11-23)15(22-21-14)16(24)20-10-12-5-4-7-19-9-12/h4-5,7,9H,6,8,10-11H2,1-3H3,(H,20,24)(H,21,22). The van der Waals surface area contributed by atoms with Crippen LogP contribution in [0.5, 0.6) is 0 Å². The topological polar surface area (TPSA) is 91.0 Å². The molecule has 0 saturated carbocycles. The molecule has 0 saturated heterocycles. The first kappa shape index (κ1) is 17.1. The fourth-order valence-electron chi connectivity index (χ4n) is 2.90. The lowest BCUT2D eigenvalue weighted by Crippen LogP contribution is -2.42. The third kappa shape index (κ3) is 3.70. The molecule has 0 aliphatic carbocycles. The molecule has 0 bridgehead atoms. The van der Waals surface area contributed by atoms with Crippen molar-refractivity contribution >= 4 is 11.8 Å². The number of nitrogens with one attached hydrogen (secondary N) is 2. The van der Waals surface area contributed by atoms with Crippen LogP contribution in [0.3, 0.4) is 0 Å². The van der Waals surface area contributed by atoms with Crippen molar-refractivity contribution in [3.05, 3.63) is 47.0 Å². The fraction of sp³-hybridized carbons (Fsp3) is 0.444. The van der Waals surface area contributed by atoms with Gasteiger partial charge in [-0.05, 0) is 11.6 Å². The highest BCUT2D eigenvalue weighted by molar-refractivity contribution is 5.94. The highest BCUT2D eigenvalue weighted by Crippen LogP contribution is 2.25. The molecule has 0 unspecified atom stereocenters. The first-order valence-electron chi connectivity index (χ1n) is 8.39. The van der Waals surface area contributed by atoms with E-state index < -0.39 is 5.41 Å². The van der Waals surface area contributed by atoms with Crippen molar-refractivity contribution in [1.29, 1.82) is 0 Å². The Kier molecular flexibility index (Phi) is 4.57. The molecule has 1 aliphatic heterocycles. The van der Waals surface area contributed by atoms with Crippen LogP contribution in [0.1, 0.15) is 48.1 Å². The van der Waals surface area contributed by atoms with Gasteiger partial charge in [-0.1, -0.05) is 26.8 Å². The van der Waals surface area contributed by atoms with Gasteiger partial charge in [-0.3, -0.25) is 19.7 Å². The van der Waals surface area contributed by atoms with Crippen molar-refractivity contribution in [1.82, 2.24) is 25.4 Å². The van der Waals surface area contributed by atoms with E-state index in [-0.39, 0.29) is 11.8 Å². The molecular formula is C18H23N5O2. The van der Waals surface area contributed by atoms with Crippen LogP contribution in [0, 0.1) is 5.41 Å². The molecule has 3 heterocycles. The zero-order valence-electron chi connectivity index (χ0n) is 14.8. The zero-order valence-corrected chi connectivity index (χ0v) is 14.8. The van der Waals surface area contributed by atoms with E-state index in [2.05, 4.69) is 20.5 Å². The molecule has 2 amide bonds. The maximum Gasteiger partial charge on any atom is 0.272 e. The van der Waals surface area contributed by atoms with Crippen molar-refractivity contribution in [2.75, 3.05) is 6.54 Å². The van der Waals surface area contributed by atoms with Crippen LogP contribution in [-0.4, -0.2) is 38.4 Å². The van der Waals surface area contributed by atoms with Crippen LogP contribution in [0.25, 0.3) is 0 Å². The van der Waals surface area contributed by atoms with E-state index in [4.69, 9.17) is 0 Å². The van der Waals surface area contributed by atoms with Gasteiger partial charge >= 0.3 is 0 Å². The Morgan fingerprint density at radius 1 is 1.36 bits per heavy atom. The molecule has 1 aliphatic rings. The molecule has 0 atom stereocenters. The number of aromatic amines is 1. The summed E-state index contributed by atoms with van der Waals surface area (Å²) in [7, 11) is 0. The van der Waals surface area contributed by atoms with Gasteiger partial charge in [-0.15, -0.1) is 0 Å². The molecule has 0 aromatic carbocycles. The van der Waals surface area contributed by atoms with Crippen LogP contribution in [0.2, 0.25) is 0 Å². The van der Waals surface area contributed by atoms with Crippen molar-refractivity contribution in [2.45, 2.75) is 40.3 Å². The summed E-state index contributed by atoms with van der Waals surface area (Å²) in [6.07, 6.45) is 4.08. The van der Waals surface area contributed by atoms with Gasteiger partial charge in [0.25, 0.3) is 5.91 Å². The predicted molar refractivity (Wildman–Crippen MR) is 92.6 cm³/mol. The summed E-state index contributed by atoms with van der Waals surface area (Å²) in [5.74, 6) is -0.160. The number of amides is 2. The second-order valence-electron chi connectivity index (χ2n) is 7.30. The first-order chi connectivity index (χ1) is 11.9. The summed E-state index contributed by atoms with van der Waals surface area (Å²) < 4.78 is 0. The van der Waals surface area contributed by atoms with Crippen molar-refractivity contribution in [2.24, 2.45) is 5.41 Å². The van der Waals surface area contributed by atoms with Gasteiger partial charge in [-0.25, -0.2) is 0 Å². The summed E-state index contributed by atoms with van der Waals surface area (Å²) in [6.45, 7) is 7.16. The molecule has 0 radical (unpaired) electrons. The highest BCUT2D eigenvalue weighted by atomic mass is 16.2. The van der Waals surface area contributed by atoms with Gasteiger partial charge < -0.3 is 10.2 Å². The van der Waals surface area contributed by atoms with Crippen LogP contribution in [-0.2, 0) is 24.3 Å². The Hall–Kier alpha value is -2.70. The molecule has 7 heteroatoms. The van der Waals surface area contributed by atoms with Crippen LogP contribution >= 0.6 is 0 Å².